The highest BCUT2D eigenvalue weighted by molar-refractivity contribution is 5.86. The van der Waals surface area contributed by atoms with Crippen molar-refractivity contribution in [2.75, 3.05) is 20.3 Å². The molecule has 0 unspecified atom stereocenters. The van der Waals surface area contributed by atoms with E-state index >= 15 is 0 Å². The molecule has 0 saturated carbocycles. The summed E-state index contributed by atoms with van der Waals surface area (Å²) in [6, 6.07) is 6.07. The molecule has 1 aromatic carbocycles. The first kappa shape index (κ1) is 18.3. The average Bonchev–Trinajstić information content (AvgIpc) is 2.90. The molecule has 4 rings (SSSR count). The molecule has 0 bridgehead atoms. The van der Waals surface area contributed by atoms with Gasteiger partial charge in [-0.05, 0) is 31.1 Å². The number of aromatic nitrogens is 1. The number of rotatable bonds is 5. The van der Waals surface area contributed by atoms with Crippen LogP contribution < -0.4 is 0 Å². The van der Waals surface area contributed by atoms with E-state index in [1.54, 1.807) is 13.2 Å². The molecule has 2 aliphatic rings. The second-order valence-corrected chi connectivity index (χ2v) is 6.56. The molecule has 28 heavy (non-hydrogen) atoms. The lowest BCUT2D eigenvalue weighted by Crippen LogP contribution is -2.18. The van der Waals surface area contributed by atoms with Crippen LogP contribution in [0.3, 0.4) is 0 Å². The zero-order valence-corrected chi connectivity index (χ0v) is 15.6. The molecule has 0 radical (unpaired) electrons. The SMILES string of the molecule is COCCOC1=CC2=CCCC=C(c3ccc4cc(F)cc(O)c4n3)N2C=C1. The Kier molecular flexibility index (Phi) is 5.12. The van der Waals surface area contributed by atoms with Crippen LogP contribution in [-0.4, -0.2) is 35.3 Å². The van der Waals surface area contributed by atoms with Gasteiger partial charge in [0, 0.05) is 36.5 Å². The zero-order chi connectivity index (χ0) is 19.5. The summed E-state index contributed by atoms with van der Waals surface area (Å²) >= 11 is 0. The van der Waals surface area contributed by atoms with E-state index in [0.717, 1.165) is 36.1 Å². The van der Waals surface area contributed by atoms with Gasteiger partial charge in [0.15, 0.2) is 0 Å². The highest BCUT2D eigenvalue weighted by Gasteiger charge is 2.20. The smallest absolute Gasteiger partial charge is 0.144 e. The number of ether oxygens (including phenoxy) is 2. The molecular formula is C22H21FN2O3. The number of methoxy groups -OCH3 is 1. The Labute approximate surface area is 162 Å². The summed E-state index contributed by atoms with van der Waals surface area (Å²) in [4.78, 5) is 6.64. The molecule has 3 heterocycles. The van der Waals surface area contributed by atoms with Crippen LogP contribution in [0.2, 0.25) is 0 Å². The number of phenolic OH excluding ortho intramolecular Hbond substituents is 1. The van der Waals surface area contributed by atoms with Gasteiger partial charge in [-0.3, -0.25) is 0 Å². The number of pyridine rings is 1. The summed E-state index contributed by atoms with van der Waals surface area (Å²) in [6.07, 6.45) is 11.9. The fourth-order valence-electron chi connectivity index (χ4n) is 3.31. The molecule has 2 aliphatic heterocycles. The Hall–Kier alpha value is -3.12. The number of nitrogens with zero attached hydrogens (tertiary/aromatic N) is 2. The van der Waals surface area contributed by atoms with Gasteiger partial charge >= 0.3 is 0 Å². The standard InChI is InChI=1S/C22H21FN2O3/c1-27-10-11-28-18-8-9-25-17(14-18)4-2-3-5-20(25)19-7-6-15-12-16(23)13-21(26)22(15)24-19/h4-9,12-14,26H,2-3,10-11H2,1H3. The van der Waals surface area contributed by atoms with E-state index in [9.17, 15) is 9.50 Å². The van der Waals surface area contributed by atoms with Crippen molar-refractivity contribution in [1.82, 2.24) is 9.88 Å². The fourth-order valence-corrected chi connectivity index (χ4v) is 3.31. The van der Waals surface area contributed by atoms with Gasteiger partial charge in [-0.25, -0.2) is 9.37 Å². The Morgan fingerprint density at radius 1 is 1.18 bits per heavy atom. The first-order valence-corrected chi connectivity index (χ1v) is 9.16. The van der Waals surface area contributed by atoms with E-state index in [0.29, 0.717) is 29.8 Å². The van der Waals surface area contributed by atoms with Crippen LogP contribution in [0.5, 0.6) is 5.75 Å². The van der Waals surface area contributed by atoms with Crippen LogP contribution in [0, 0.1) is 5.82 Å². The van der Waals surface area contributed by atoms with Crippen molar-refractivity contribution < 1.29 is 19.0 Å². The molecule has 1 N–H and O–H groups in total. The van der Waals surface area contributed by atoms with E-state index in [4.69, 9.17) is 9.47 Å². The maximum Gasteiger partial charge on any atom is 0.144 e. The van der Waals surface area contributed by atoms with Gasteiger partial charge in [-0.15, -0.1) is 0 Å². The molecule has 0 fully saturated rings. The van der Waals surface area contributed by atoms with Crippen LogP contribution in [0.25, 0.3) is 16.6 Å². The first-order chi connectivity index (χ1) is 13.7. The predicted molar refractivity (Wildman–Crippen MR) is 106 cm³/mol. The average molecular weight is 380 g/mol. The molecule has 144 valence electrons. The van der Waals surface area contributed by atoms with Gasteiger partial charge in [0.05, 0.1) is 18.0 Å². The van der Waals surface area contributed by atoms with Gasteiger partial charge < -0.3 is 19.5 Å². The van der Waals surface area contributed by atoms with E-state index in [-0.39, 0.29) is 5.75 Å². The van der Waals surface area contributed by atoms with Crippen LogP contribution >= 0.6 is 0 Å². The van der Waals surface area contributed by atoms with Crippen molar-refractivity contribution in [3.8, 4) is 5.75 Å². The largest absolute Gasteiger partial charge is 0.506 e. The lowest BCUT2D eigenvalue weighted by atomic mass is 10.1. The lowest BCUT2D eigenvalue weighted by molar-refractivity contribution is 0.114. The quantitative estimate of drug-likeness (QED) is 0.776. The number of aromatic hydroxyl groups is 1. The number of allylic oxidation sites excluding steroid dienone is 4. The molecule has 0 aliphatic carbocycles. The molecule has 0 atom stereocenters. The maximum atomic E-state index is 13.5. The second-order valence-electron chi connectivity index (χ2n) is 6.56. The Morgan fingerprint density at radius 3 is 2.89 bits per heavy atom. The van der Waals surface area contributed by atoms with E-state index in [2.05, 4.69) is 17.1 Å². The fraction of sp³-hybridized carbons (Fsp3) is 0.227. The summed E-state index contributed by atoms with van der Waals surface area (Å²) in [7, 11) is 1.64. The summed E-state index contributed by atoms with van der Waals surface area (Å²) in [6.45, 7) is 1.02. The molecule has 6 heteroatoms. The number of hydrogen-bond acceptors (Lipinski definition) is 5. The second kappa shape index (κ2) is 7.86. The third-order valence-corrected chi connectivity index (χ3v) is 4.63. The Bertz CT molecular complexity index is 1020. The minimum Gasteiger partial charge on any atom is -0.506 e. The van der Waals surface area contributed by atoms with Crippen LogP contribution in [-0.2, 0) is 9.47 Å². The normalized spacial score (nSPS) is 16.2. The van der Waals surface area contributed by atoms with Crippen molar-refractivity contribution in [3.63, 3.8) is 0 Å². The zero-order valence-electron chi connectivity index (χ0n) is 15.6. The summed E-state index contributed by atoms with van der Waals surface area (Å²) in [5.74, 6) is 0.133. The first-order valence-electron chi connectivity index (χ1n) is 9.16. The highest BCUT2D eigenvalue weighted by Crippen LogP contribution is 2.33. The molecule has 1 aromatic heterocycles. The number of benzene rings is 1. The number of halogens is 1. The number of fused-ring (bicyclic) bond motifs is 2. The molecule has 5 nitrogen and oxygen atoms in total. The van der Waals surface area contributed by atoms with E-state index < -0.39 is 5.82 Å². The van der Waals surface area contributed by atoms with Crippen molar-refractivity contribution in [2.45, 2.75) is 12.8 Å². The van der Waals surface area contributed by atoms with Gasteiger partial charge in [-0.2, -0.15) is 0 Å². The number of phenols is 1. The Balaban J connectivity index is 1.66. The maximum absolute atomic E-state index is 13.5. The predicted octanol–water partition coefficient (Wildman–Crippen LogP) is 4.47. The summed E-state index contributed by atoms with van der Waals surface area (Å²) in [5, 5.41) is 10.7. The monoisotopic (exact) mass is 380 g/mol. The van der Waals surface area contributed by atoms with Crippen molar-refractivity contribution >= 4 is 16.6 Å². The van der Waals surface area contributed by atoms with Gasteiger partial charge in [0.25, 0.3) is 0 Å². The topological polar surface area (TPSA) is 54.8 Å². The van der Waals surface area contributed by atoms with Gasteiger partial charge in [0.2, 0.25) is 0 Å². The van der Waals surface area contributed by atoms with Crippen molar-refractivity contribution in [1.29, 1.82) is 0 Å². The van der Waals surface area contributed by atoms with Crippen molar-refractivity contribution in [3.05, 3.63) is 77.7 Å². The minimum absolute atomic E-state index is 0.162. The van der Waals surface area contributed by atoms with Gasteiger partial charge in [-0.1, -0.05) is 18.2 Å². The minimum atomic E-state index is -0.483. The summed E-state index contributed by atoms with van der Waals surface area (Å²) < 4.78 is 24.3. The molecule has 0 saturated heterocycles. The lowest BCUT2D eigenvalue weighted by Gasteiger charge is -2.27. The third kappa shape index (κ3) is 3.64. The molecular weight excluding hydrogens is 359 g/mol. The van der Waals surface area contributed by atoms with Crippen LogP contribution in [0.4, 0.5) is 4.39 Å². The Morgan fingerprint density at radius 2 is 2.04 bits per heavy atom. The van der Waals surface area contributed by atoms with Crippen LogP contribution in [0.15, 0.2) is 66.2 Å². The van der Waals surface area contributed by atoms with Gasteiger partial charge in [0.1, 0.15) is 29.4 Å². The molecule has 0 spiro atoms. The van der Waals surface area contributed by atoms with Crippen LogP contribution in [0.1, 0.15) is 18.5 Å². The summed E-state index contributed by atoms with van der Waals surface area (Å²) in [5.41, 5.74) is 3.01. The van der Waals surface area contributed by atoms with E-state index in [1.807, 2.05) is 29.3 Å². The molecule has 0 amide bonds. The molecule has 2 aromatic rings. The van der Waals surface area contributed by atoms with Crippen molar-refractivity contribution in [2.24, 2.45) is 0 Å². The third-order valence-electron chi connectivity index (χ3n) is 4.63. The van der Waals surface area contributed by atoms with E-state index in [1.165, 1.54) is 6.07 Å². The highest BCUT2D eigenvalue weighted by atomic mass is 19.1. The number of hydrogen-bond donors (Lipinski definition) is 1.